The summed E-state index contributed by atoms with van der Waals surface area (Å²) in [6.45, 7) is 17.9. The van der Waals surface area contributed by atoms with Crippen LogP contribution in [-0.4, -0.2) is 23.4 Å². The van der Waals surface area contributed by atoms with Crippen LogP contribution in [0.5, 0.6) is 5.75 Å². The molecule has 0 amide bonds. The molecule has 4 heteroatoms. The minimum absolute atomic E-state index is 0.0792. The zero-order valence-corrected chi connectivity index (χ0v) is 32.7. The number of allylic oxidation sites excluding steroid dienone is 7. The summed E-state index contributed by atoms with van der Waals surface area (Å²) < 4.78 is 12.3. The molecule has 0 fully saturated rings. The van der Waals surface area contributed by atoms with E-state index in [2.05, 4.69) is 179 Å². The van der Waals surface area contributed by atoms with Gasteiger partial charge in [0.1, 0.15) is 0 Å². The van der Waals surface area contributed by atoms with Crippen LogP contribution in [0, 0.1) is 14.1 Å². The van der Waals surface area contributed by atoms with Gasteiger partial charge in [0.2, 0.25) is 0 Å². The average molecular weight is 773 g/mol. The van der Waals surface area contributed by atoms with Crippen LogP contribution in [0.1, 0.15) is 71.1 Å². The number of likely N-dealkylation sites (N-methyl/N-ethyl adjacent to an activating group) is 1. The normalized spacial score (nSPS) is 19.4. The second-order valence-electron chi connectivity index (χ2n) is 14.5. The fourth-order valence-corrected chi connectivity index (χ4v) is 10.2. The number of ether oxygens (including phenoxy) is 1. The second-order valence-corrected chi connectivity index (χ2v) is 17.5. The summed E-state index contributed by atoms with van der Waals surface area (Å²) >= 11 is -0.401. The Morgan fingerprint density at radius 3 is 2.22 bits per heavy atom. The number of anilines is 1. The molecule has 4 aromatic carbocycles. The third-order valence-corrected chi connectivity index (χ3v) is 13.4. The summed E-state index contributed by atoms with van der Waals surface area (Å²) in [5.41, 5.74) is 11.7. The minimum atomic E-state index is -0.401. The van der Waals surface area contributed by atoms with Crippen LogP contribution in [0.25, 0.3) is 0 Å². The van der Waals surface area contributed by atoms with Gasteiger partial charge in [-0.3, -0.25) is 0 Å². The predicted octanol–water partition coefficient (Wildman–Crippen LogP) is 7.83. The number of hydrogen-bond acceptors (Lipinski definition) is 2. The van der Waals surface area contributed by atoms with E-state index in [0.717, 1.165) is 37.4 Å². The van der Waals surface area contributed by atoms with E-state index in [1.165, 1.54) is 57.8 Å². The molecule has 3 aliphatic rings. The molecule has 3 nitrogen and oxygen atoms in total. The quantitative estimate of drug-likeness (QED) is 0.127. The molecule has 1 aliphatic carbocycles. The van der Waals surface area contributed by atoms with Gasteiger partial charge in [-0.1, -0.05) is 0 Å². The maximum atomic E-state index is 7.11. The fraction of sp³-hybridized carbons (Fsp3) is 0.283. The molecule has 50 heavy (non-hydrogen) atoms. The third kappa shape index (κ3) is 6.21. The van der Waals surface area contributed by atoms with Crippen molar-refractivity contribution < 1.29 is 30.5 Å². The third-order valence-electron chi connectivity index (χ3n) is 10.6. The van der Waals surface area contributed by atoms with Crippen LogP contribution in [0.15, 0.2) is 144 Å². The zero-order valence-electron chi connectivity index (χ0n) is 30.6. The van der Waals surface area contributed by atoms with Crippen LogP contribution in [-0.2, 0) is 10.8 Å². The molecule has 2 heterocycles. The summed E-state index contributed by atoms with van der Waals surface area (Å²) in [6, 6.07) is 35.4. The first-order valence-electron chi connectivity index (χ1n) is 18.1. The topological polar surface area (TPSA) is 15.5 Å². The number of hydrogen-bond donors (Lipinski definition) is 0. The van der Waals surface area contributed by atoms with E-state index in [-0.39, 0.29) is 10.8 Å². The van der Waals surface area contributed by atoms with Crippen molar-refractivity contribution in [3.63, 3.8) is 0 Å². The molecule has 7 rings (SSSR count). The molecule has 0 atom stereocenters. The number of fused-ring (bicyclic) bond motifs is 2. The fourth-order valence-electron chi connectivity index (χ4n) is 7.90. The number of nitrogens with zero attached hydrogens (tertiary/aromatic N) is 2. The molecule has 0 saturated heterocycles. The summed E-state index contributed by atoms with van der Waals surface area (Å²) in [6.07, 6.45) is 11.3. The molecule has 2 aliphatic heterocycles. The molecule has 0 aromatic heterocycles. The van der Waals surface area contributed by atoms with Crippen molar-refractivity contribution in [2.45, 2.75) is 72.1 Å². The first-order chi connectivity index (χ1) is 24.1. The van der Waals surface area contributed by atoms with E-state index in [1.807, 2.05) is 0 Å². The summed E-state index contributed by atoms with van der Waals surface area (Å²) in [5.74, 6) is 1.98. The van der Waals surface area contributed by atoms with E-state index in [1.54, 1.807) is 0 Å². The van der Waals surface area contributed by atoms with Crippen molar-refractivity contribution in [3.8, 4) is 5.75 Å². The summed E-state index contributed by atoms with van der Waals surface area (Å²) in [4.78, 5) is 2.48. The van der Waals surface area contributed by atoms with Crippen LogP contribution in [0.2, 0.25) is 0 Å². The number of aryl methyl sites for hydroxylation is 1. The van der Waals surface area contributed by atoms with E-state index >= 15 is 0 Å². The molecule has 0 saturated carbocycles. The van der Waals surface area contributed by atoms with Gasteiger partial charge in [-0.05, 0) is 0 Å². The molecule has 0 unspecified atom stereocenters. The monoisotopic (exact) mass is 772 g/mol. The van der Waals surface area contributed by atoms with Gasteiger partial charge in [0.25, 0.3) is 0 Å². The Balaban J connectivity index is 1.30. The predicted molar refractivity (Wildman–Crippen MR) is 205 cm³/mol. The average Bonchev–Trinajstić information content (AvgIpc) is 3.68. The SMILES string of the molecule is CCN1/C(=C/C=C2\CCC(/C=C/C3=[N+](CC)c4ccccc4C3(C)C)=C2Oc2ccccc2[I-]c2ccc(C)cc2)C(C)(C)c2ccccc21. The summed E-state index contributed by atoms with van der Waals surface area (Å²) in [7, 11) is 0. The Labute approximate surface area is 309 Å². The van der Waals surface area contributed by atoms with Crippen molar-refractivity contribution in [3.05, 3.63) is 168 Å². The Bertz CT molecular complexity index is 2090. The van der Waals surface area contributed by atoms with Gasteiger partial charge >= 0.3 is 311 Å². The van der Waals surface area contributed by atoms with Crippen LogP contribution in [0.4, 0.5) is 11.4 Å². The molecular weight excluding hydrogens is 723 g/mol. The molecule has 0 spiro atoms. The van der Waals surface area contributed by atoms with E-state index < -0.39 is 21.2 Å². The molecule has 4 aromatic rings. The van der Waals surface area contributed by atoms with Crippen LogP contribution >= 0.6 is 0 Å². The Morgan fingerprint density at radius 2 is 1.46 bits per heavy atom. The van der Waals surface area contributed by atoms with Gasteiger partial charge in [0.15, 0.2) is 0 Å². The Hall–Kier alpha value is -4.16. The van der Waals surface area contributed by atoms with Gasteiger partial charge in [-0.25, -0.2) is 0 Å². The number of halogens is 1. The van der Waals surface area contributed by atoms with Crippen LogP contribution < -0.4 is 30.8 Å². The van der Waals surface area contributed by atoms with Gasteiger partial charge in [0, 0.05) is 0 Å². The van der Waals surface area contributed by atoms with Gasteiger partial charge < -0.3 is 0 Å². The number of para-hydroxylation sites is 3. The van der Waals surface area contributed by atoms with Crippen LogP contribution in [0.3, 0.4) is 0 Å². The van der Waals surface area contributed by atoms with Gasteiger partial charge in [-0.15, -0.1) is 0 Å². The molecular formula is C46H49IN2O. The van der Waals surface area contributed by atoms with Crippen molar-refractivity contribution in [1.29, 1.82) is 0 Å². The Kier molecular flexibility index (Phi) is 9.51. The standard InChI is InChI=1S/C46H49IN2O/c1-8-48-39-19-13-10-16-36(39)45(4,5)42(48)30-26-33-24-25-34(27-31-43-46(6,7)37-17-11-14-20-40(37)49(43)9-2)44(33)50-41-21-15-12-18-38(41)47-35-28-22-32(3)23-29-35/h10-23,26-31H,8-9,24-25H2,1-7H3. The first kappa shape index (κ1) is 34.3. The molecule has 0 bridgehead atoms. The number of rotatable bonds is 9. The molecule has 256 valence electrons. The molecule has 0 radical (unpaired) electrons. The van der Waals surface area contributed by atoms with Crippen molar-refractivity contribution in [2.24, 2.45) is 0 Å². The van der Waals surface area contributed by atoms with Gasteiger partial charge in [0.05, 0.1) is 0 Å². The maximum absolute atomic E-state index is 7.11. The van der Waals surface area contributed by atoms with Crippen molar-refractivity contribution in [2.75, 3.05) is 18.0 Å². The Morgan fingerprint density at radius 1 is 0.760 bits per heavy atom. The second kappa shape index (κ2) is 13.9. The van der Waals surface area contributed by atoms with Crippen molar-refractivity contribution in [1.82, 2.24) is 0 Å². The van der Waals surface area contributed by atoms with E-state index in [0.29, 0.717) is 0 Å². The van der Waals surface area contributed by atoms with Gasteiger partial charge in [-0.2, -0.15) is 0 Å². The van der Waals surface area contributed by atoms with E-state index in [4.69, 9.17) is 4.74 Å². The van der Waals surface area contributed by atoms with E-state index in [9.17, 15) is 0 Å². The zero-order chi connectivity index (χ0) is 35.0. The number of benzene rings is 4. The van der Waals surface area contributed by atoms with Crippen molar-refractivity contribution >= 4 is 17.1 Å². The first-order valence-corrected chi connectivity index (χ1v) is 20.2. The summed E-state index contributed by atoms with van der Waals surface area (Å²) in [5, 5.41) is 0. The molecule has 0 N–H and O–H groups in total.